The lowest BCUT2D eigenvalue weighted by Crippen LogP contribution is -2.15. The second kappa shape index (κ2) is 7.01. The average molecular weight is 432 g/mol. The minimum absolute atomic E-state index is 0.0660. The maximum absolute atomic E-state index is 12.0. The van der Waals surface area contributed by atoms with Gasteiger partial charge in [0.2, 0.25) is 5.91 Å². The van der Waals surface area contributed by atoms with Gasteiger partial charge in [0.25, 0.3) is 5.69 Å². The van der Waals surface area contributed by atoms with E-state index in [-0.39, 0.29) is 18.0 Å². The van der Waals surface area contributed by atoms with E-state index in [4.69, 9.17) is 0 Å². The van der Waals surface area contributed by atoms with Crippen molar-refractivity contribution in [3.8, 4) is 0 Å². The molecule has 116 valence electrons. The van der Waals surface area contributed by atoms with Crippen molar-refractivity contribution >= 4 is 49.1 Å². The van der Waals surface area contributed by atoms with Gasteiger partial charge >= 0.3 is 0 Å². The van der Waals surface area contributed by atoms with Crippen LogP contribution in [0.2, 0.25) is 0 Å². The van der Waals surface area contributed by atoms with E-state index in [0.29, 0.717) is 21.2 Å². The summed E-state index contributed by atoms with van der Waals surface area (Å²) in [5.74, 6) is -0.205. The number of non-ortho nitro benzene ring substituents is 1. The van der Waals surface area contributed by atoms with Crippen LogP contribution in [0.4, 0.5) is 11.4 Å². The van der Waals surface area contributed by atoms with Gasteiger partial charge in [-0.25, -0.2) is 0 Å². The second-order valence-corrected chi connectivity index (χ2v) is 6.27. The third-order valence-electron chi connectivity index (χ3n) is 2.84. The molecule has 22 heavy (non-hydrogen) atoms. The van der Waals surface area contributed by atoms with E-state index in [2.05, 4.69) is 42.3 Å². The zero-order valence-corrected chi connectivity index (χ0v) is 14.7. The van der Waals surface area contributed by atoms with Gasteiger partial charge < -0.3 is 5.32 Å². The van der Waals surface area contributed by atoms with Gasteiger partial charge in [-0.05, 0) is 44.8 Å². The van der Waals surface area contributed by atoms with Gasteiger partial charge in [-0.3, -0.25) is 19.6 Å². The lowest BCUT2D eigenvalue weighted by Gasteiger charge is -2.10. The molecule has 2 rings (SSSR count). The largest absolute Gasteiger partial charge is 0.324 e. The van der Waals surface area contributed by atoms with Crippen LogP contribution in [0.5, 0.6) is 0 Å². The Hall–Kier alpha value is -1.74. The van der Waals surface area contributed by atoms with Gasteiger partial charge in [-0.2, -0.15) is 5.10 Å². The van der Waals surface area contributed by atoms with Gasteiger partial charge in [0.1, 0.15) is 0 Å². The molecule has 0 atom stereocenters. The summed E-state index contributed by atoms with van der Waals surface area (Å²) in [5.41, 5.74) is 1.29. The number of halogens is 2. The van der Waals surface area contributed by atoms with E-state index >= 15 is 0 Å². The monoisotopic (exact) mass is 430 g/mol. The number of rotatable bonds is 5. The van der Waals surface area contributed by atoms with Crippen LogP contribution < -0.4 is 5.32 Å². The summed E-state index contributed by atoms with van der Waals surface area (Å²) < 4.78 is 2.57. The predicted octanol–water partition coefficient (Wildman–Crippen LogP) is 3.65. The third kappa shape index (κ3) is 4.14. The fraction of sp³-hybridized carbons (Fsp3) is 0.231. The Morgan fingerprint density at radius 2 is 2.05 bits per heavy atom. The molecule has 0 saturated carbocycles. The van der Waals surface area contributed by atoms with Crippen LogP contribution in [-0.2, 0) is 11.3 Å². The molecule has 0 aliphatic rings. The Morgan fingerprint density at radius 1 is 1.41 bits per heavy atom. The van der Waals surface area contributed by atoms with Gasteiger partial charge in [0.05, 0.1) is 16.3 Å². The number of carbonyl (C=O) groups is 1. The molecule has 0 bridgehead atoms. The molecule has 1 aromatic carbocycles. The quantitative estimate of drug-likeness (QED) is 0.577. The average Bonchev–Trinajstić information content (AvgIpc) is 2.86. The normalized spacial score (nSPS) is 10.5. The van der Waals surface area contributed by atoms with E-state index in [1.165, 1.54) is 12.1 Å². The van der Waals surface area contributed by atoms with Crippen LogP contribution in [0.15, 0.2) is 33.3 Å². The number of amides is 1. The predicted molar refractivity (Wildman–Crippen MR) is 88.7 cm³/mol. The first kappa shape index (κ1) is 16.6. The summed E-state index contributed by atoms with van der Waals surface area (Å²) in [6, 6.07) is 4.55. The van der Waals surface area contributed by atoms with Crippen molar-refractivity contribution in [2.75, 3.05) is 5.32 Å². The highest BCUT2D eigenvalue weighted by Gasteiger charge is 2.15. The van der Waals surface area contributed by atoms with Crippen LogP contribution in [-0.4, -0.2) is 20.6 Å². The smallest absolute Gasteiger partial charge is 0.271 e. The van der Waals surface area contributed by atoms with Gasteiger partial charge in [-0.1, -0.05) is 0 Å². The molecular formula is C13H12Br2N4O3. The summed E-state index contributed by atoms with van der Waals surface area (Å²) in [5, 5.41) is 17.7. The number of nitrogens with zero attached hydrogens (tertiary/aromatic N) is 3. The first-order valence-electron chi connectivity index (χ1n) is 6.30. The summed E-state index contributed by atoms with van der Waals surface area (Å²) >= 11 is 6.45. The molecule has 1 aromatic heterocycles. The SMILES string of the molecule is Cc1ccn(CCC(=O)Nc2c(Br)cc([N+](=O)[O-])cc2Br)n1. The Kier molecular flexibility index (Phi) is 5.30. The Labute approximate surface area is 143 Å². The molecule has 1 heterocycles. The Balaban J connectivity index is 2.03. The highest BCUT2D eigenvalue weighted by Crippen LogP contribution is 2.35. The van der Waals surface area contributed by atoms with Crippen molar-refractivity contribution < 1.29 is 9.72 Å². The molecule has 1 N–H and O–H groups in total. The van der Waals surface area contributed by atoms with Crippen molar-refractivity contribution in [1.82, 2.24) is 9.78 Å². The highest BCUT2D eigenvalue weighted by molar-refractivity contribution is 9.11. The molecule has 1 amide bonds. The lowest BCUT2D eigenvalue weighted by atomic mass is 10.2. The summed E-state index contributed by atoms with van der Waals surface area (Å²) in [6.45, 7) is 2.34. The van der Waals surface area contributed by atoms with Crippen LogP contribution in [0, 0.1) is 17.0 Å². The van der Waals surface area contributed by atoms with Gasteiger partial charge in [0, 0.05) is 40.2 Å². The third-order valence-corrected chi connectivity index (χ3v) is 4.09. The maximum Gasteiger partial charge on any atom is 0.271 e. The van der Waals surface area contributed by atoms with Crippen molar-refractivity contribution in [3.05, 3.63) is 49.1 Å². The van der Waals surface area contributed by atoms with Crippen molar-refractivity contribution in [1.29, 1.82) is 0 Å². The number of aromatic nitrogens is 2. The van der Waals surface area contributed by atoms with Crippen molar-refractivity contribution in [2.45, 2.75) is 19.9 Å². The number of nitro benzene ring substituents is 1. The summed E-state index contributed by atoms with van der Waals surface area (Å²) in [6.07, 6.45) is 2.05. The van der Waals surface area contributed by atoms with E-state index in [9.17, 15) is 14.9 Å². The molecule has 0 unspecified atom stereocenters. The van der Waals surface area contributed by atoms with Crippen LogP contribution in [0.25, 0.3) is 0 Å². The number of carbonyl (C=O) groups excluding carboxylic acids is 1. The van der Waals surface area contributed by atoms with E-state index in [1.54, 1.807) is 10.9 Å². The summed E-state index contributed by atoms with van der Waals surface area (Å²) in [4.78, 5) is 22.3. The van der Waals surface area contributed by atoms with E-state index < -0.39 is 4.92 Å². The highest BCUT2D eigenvalue weighted by atomic mass is 79.9. The number of nitro groups is 1. The molecule has 0 radical (unpaired) electrons. The molecule has 0 aliphatic heterocycles. The number of aryl methyl sites for hydroxylation is 2. The summed E-state index contributed by atoms with van der Waals surface area (Å²) in [7, 11) is 0. The van der Waals surface area contributed by atoms with Crippen molar-refractivity contribution in [2.24, 2.45) is 0 Å². The number of nitrogens with one attached hydrogen (secondary N) is 1. The molecule has 9 heteroatoms. The van der Waals surface area contributed by atoms with E-state index in [0.717, 1.165) is 5.69 Å². The number of hydrogen-bond acceptors (Lipinski definition) is 4. The standard InChI is InChI=1S/C13H12Br2N4O3/c1-8-2-4-18(17-8)5-3-12(20)16-13-10(14)6-9(19(21)22)7-11(13)15/h2,4,6-7H,3,5H2,1H3,(H,16,20). The zero-order valence-electron chi connectivity index (χ0n) is 11.5. The Morgan fingerprint density at radius 3 is 2.55 bits per heavy atom. The van der Waals surface area contributed by atoms with E-state index in [1.807, 2.05) is 13.0 Å². The van der Waals surface area contributed by atoms with Crippen LogP contribution in [0.3, 0.4) is 0 Å². The van der Waals surface area contributed by atoms with Gasteiger partial charge in [-0.15, -0.1) is 0 Å². The Bertz CT molecular complexity index is 707. The molecule has 2 aromatic rings. The number of anilines is 1. The first-order chi connectivity index (χ1) is 10.4. The van der Waals surface area contributed by atoms with Crippen LogP contribution >= 0.6 is 31.9 Å². The molecule has 0 aliphatic carbocycles. The molecule has 0 fully saturated rings. The topological polar surface area (TPSA) is 90.1 Å². The minimum Gasteiger partial charge on any atom is -0.324 e. The number of benzene rings is 1. The zero-order chi connectivity index (χ0) is 16.3. The maximum atomic E-state index is 12.0. The fourth-order valence-electron chi connectivity index (χ4n) is 1.79. The first-order valence-corrected chi connectivity index (χ1v) is 7.89. The second-order valence-electron chi connectivity index (χ2n) is 4.56. The van der Waals surface area contributed by atoms with Crippen LogP contribution in [0.1, 0.15) is 12.1 Å². The minimum atomic E-state index is -0.499. The fourth-order valence-corrected chi connectivity index (χ4v) is 3.15. The molecular weight excluding hydrogens is 420 g/mol. The molecule has 7 nitrogen and oxygen atoms in total. The lowest BCUT2D eigenvalue weighted by molar-refractivity contribution is -0.385. The number of hydrogen-bond donors (Lipinski definition) is 1. The van der Waals surface area contributed by atoms with Crippen molar-refractivity contribution in [3.63, 3.8) is 0 Å². The molecule has 0 spiro atoms. The van der Waals surface area contributed by atoms with Gasteiger partial charge in [0.15, 0.2) is 0 Å². The molecule has 0 saturated heterocycles.